The average Bonchev–Trinajstić information content (AvgIpc) is 3.12. The van der Waals surface area contributed by atoms with E-state index in [4.69, 9.17) is 9.15 Å². The normalized spacial score (nSPS) is 18.4. The Hall–Kier alpha value is -2.52. The fraction of sp³-hybridized carbons (Fsp3) is 0.500. The number of benzene rings is 1. The monoisotopic (exact) mass is 515 g/mol. The lowest BCUT2D eigenvalue weighted by molar-refractivity contribution is 0.0834. The van der Waals surface area contributed by atoms with Crippen molar-refractivity contribution in [1.29, 1.82) is 0 Å². The highest BCUT2D eigenvalue weighted by molar-refractivity contribution is 7.89. The molecule has 0 saturated carbocycles. The molecular weight excluding hydrogens is 486 g/mol. The maximum atomic E-state index is 12.9. The Morgan fingerprint density at radius 2 is 1.85 bits per heavy atom. The van der Waals surface area contributed by atoms with Gasteiger partial charge in [-0.15, -0.1) is 0 Å². The number of hydrogen-bond acceptors (Lipinski definition) is 9. The van der Waals surface area contributed by atoms with Gasteiger partial charge >= 0.3 is 10.2 Å². The molecule has 1 saturated heterocycles. The van der Waals surface area contributed by atoms with E-state index in [9.17, 15) is 21.6 Å². The number of nitrogens with zero attached hydrogens (tertiary/aromatic N) is 3. The molecule has 0 spiro atoms. The number of rotatable bonds is 8. The van der Waals surface area contributed by atoms with Crippen LogP contribution in [0.25, 0.3) is 0 Å². The Kier molecular flexibility index (Phi) is 7.98. The minimum atomic E-state index is -4.30. The van der Waals surface area contributed by atoms with E-state index in [-0.39, 0.29) is 43.6 Å². The van der Waals surface area contributed by atoms with Gasteiger partial charge in [0.05, 0.1) is 11.9 Å². The second-order valence-corrected chi connectivity index (χ2v) is 11.8. The number of oxazole rings is 1. The van der Waals surface area contributed by atoms with Crippen molar-refractivity contribution in [3.63, 3.8) is 0 Å². The van der Waals surface area contributed by atoms with Crippen molar-refractivity contribution in [2.24, 2.45) is 0 Å². The number of hydrogen-bond donors (Lipinski definition) is 2. The van der Waals surface area contributed by atoms with E-state index >= 15 is 0 Å². The standard InChI is InChI=1S/C20H29N5O7S2/c1-5-33(27,28)24-8-9-25(12-16(11-24)31-4)34(29,30)23-19(26)18-13-32-20(22-18)21-17-10-14(2)6-7-15(17)3/h6-7,10,13,16H,5,8-9,11-12H2,1-4H3,(H,21,22)(H,23,26). The highest BCUT2D eigenvalue weighted by Crippen LogP contribution is 2.21. The number of sulfonamides is 1. The SMILES string of the molecule is CCS(=O)(=O)N1CCN(S(=O)(=O)NC(=O)c2coc(Nc3cc(C)ccc3C)n2)CC(OC)C1. The van der Waals surface area contributed by atoms with Crippen molar-refractivity contribution >= 4 is 37.8 Å². The third-order valence-corrected chi connectivity index (χ3v) is 8.74. The molecule has 0 bridgehead atoms. The molecule has 14 heteroatoms. The summed E-state index contributed by atoms with van der Waals surface area (Å²) in [6, 6.07) is 5.79. The van der Waals surface area contributed by atoms with Gasteiger partial charge in [0.1, 0.15) is 6.26 Å². The maximum absolute atomic E-state index is 12.9. The van der Waals surface area contributed by atoms with E-state index in [2.05, 4.69) is 10.3 Å². The number of anilines is 2. The lowest BCUT2D eigenvalue weighted by atomic mass is 10.1. The molecule has 1 atom stereocenters. The van der Waals surface area contributed by atoms with Gasteiger partial charge in [0.2, 0.25) is 10.0 Å². The molecule has 0 radical (unpaired) electrons. The van der Waals surface area contributed by atoms with Crippen LogP contribution in [0.4, 0.5) is 11.7 Å². The zero-order valence-electron chi connectivity index (χ0n) is 19.4. The largest absolute Gasteiger partial charge is 0.431 e. The number of nitrogens with one attached hydrogen (secondary N) is 2. The summed E-state index contributed by atoms with van der Waals surface area (Å²) in [6.45, 7) is 5.04. The first-order chi connectivity index (χ1) is 15.9. The van der Waals surface area contributed by atoms with Crippen LogP contribution in [-0.2, 0) is 25.0 Å². The molecule has 1 unspecified atom stereocenters. The molecular formula is C20H29N5O7S2. The van der Waals surface area contributed by atoms with Crippen LogP contribution in [0.2, 0.25) is 0 Å². The predicted octanol–water partition coefficient (Wildman–Crippen LogP) is 0.992. The van der Waals surface area contributed by atoms with Crippen LogP contribution < -0.4 is 10.0 Å². The number of amides is 1. The van der Waals surface area contributed by atoms with Crippen LogP contribution in [-0.4, -0.2) is 81.5 Å². The van der Waals surface area contributed by atoms with E-state index in [1.54, 1.807) is 0 Å². The predicted molar refractivity (Wildman–Crippen MR) is 125 cm³/mol. The quantitative estimate of drug-likeness (QED) is 0.524. The van der Waals surface area contributed by atoms with Crippen LogP contribution in [0, 0.1) is 13.8 Å². The average molecular weight is 516 g/mol. The van der Waals surface area contributed by atoms with Crippen molar-refractivity contribution in [2.45, 2.75) is 26.9 Å². The smallest absolute Gasteiger partial charge is 0.304 e. The molecule has 1 aliphatic heterocycles. The van der Waals surface area contributed by atoms with Crippen molar-refractivity contribution in [2.75, 3.05) is 44.4 Å². The van der Waals surface area contributed by atoms with Crippen LogP contribution >= 0.6 is 0 Å². The van der Waals surface area contributed by atoms with E-state index in [0.29, 0.717) is 0 Å². The van der Waals surface area contributed by atoms with Crippen molar-refractivity contribution in [1.82, 2.24) is 18.3 Å². The summed E-state index contributed by atoms with van der Waals surface area (Å²) in [6.07, 6.45) is 0.352. The highest BCUT2D eigenvalue weighted by Gasteiger charge is 2.35. The van der Waals surface area contributed by atoms with Gasteiger partial charge in [0.25, 0.3) is 11.9 Å². The number of methoxy groups -OCH3 is 1. The molecule has 3 rings (SSSR count). The summed E-state index contributed by atoms with van der Waals surface area (Å²) in [5.41, 5.74) is 2.46. The van der Waals surface area contributed by atoms with Gasteiger partial charge in [0, 0.05) is 39.0 Å². The molecule has 12 nitrogen and oxygen atoms in total. The number of aryl methyl sites for hydroxylation is 2. The molecule has 1 aromatic heterocycles. The van der Waals surface area contributed by atoms with Crippen LogP contribution in [0.1, 0.15) is 28.5 Å². The molecule has 1 fully saturated rings. The summed E-state index contributed by atoms with van der Waals surface area (Å²) in [5, 5.41) is 2.96. The van der Waals surface area contributed by atoms with Crippen LogP contribution in [0.5, 0.6) is 0 Å². The van der Waals surface area contributed by atoms with E-state index in [1.807, 2.05) is 36.8 Å². The zero-order valence-corrected chi connectivity index (χ0v) is 21.1. The Morgan fingerprint density at radius 1 is 1.18 bits per heavy atom. The Morgan fingerprint density at radius 3 is 2.53 bits per heavy atom. The third kappa shape index (κ3) is 6.13. The number of carbonyl (C=O) groups excluding carboxylic acids is 1. The first-order valence-electron chi connectivity index (χ1n) is 10.6. The van der Waals surface area contributed by atoms with Gasteiger partial charge < -0.3 is 14.5 Å². The molecule has 2 aromatic rings. The minimum absolute atomic E-state index is 0.0172. The summed E-state index contributed by atoms with van der Waals surface area (Å²) < 4.78 is 65.0. The fourth-order valence-electron chi connectivity index (χ4n) is 3.38. The second-order valence-electron chi connectivity index (χ2n) is 7.89. The maximum Gasteiger partial charge on any atom is 0.304 e. The lowest BCUT2D eigenvalue weighted by Gasteiger charge is -2.22. The Labute approximate surface area is 199 Å². The molecule has 0 aliphatic carbocycles. The Balaban J connectivity index is 1.71. The first-order valence-corrected chi connectivity index (χ1v) is 13.6. The number of aromatic nitrogens is 1. The molecule has 188 valence electrons. The van der Waals surface area contributed by atoms with Gasteiger partial charge in [-0.1, -0.05) is 12.1 Å². The van der Waals surface area contributed by atoms with Crippen LogP contribution in [0.3, 0.4) is 0 Å². The Bertz CT molecular complexity index is 1240. The van der Waals surface area contributed by atoms with Crippen molar-refractivity contribution in [3.05, 3.63) is 41.3 Å². The number of carbonyl (C=O) groups is 1. The van der Waals surface area contributed by atoms with Gasteiger partial charge in [-0.25, -0.2) is 13.1 Å². The van der Waals surface area contributed by atoms with Crippen LogP contribution in [0.15, 0.2) is 28.9 Å². The highest BCUT2D eigenvalue weighted by atomic mass is 32.2. The molecule has 34 heavy (non-hydrogen) atoms. The van der Waals surface area contributed by atoms with Gasteiger partial charge in [0.15, 0.2) is 5.69 Å². The summed E-state index contributed by atoms with van der Waals surface area (Å²) in [4.78, 5) is 16.6. The number of ether oxygens (including phenoxy) is 1. The van der Waals surface area contributed by atoms with Gasteiger partial charge in [-0.3, -0.25) is 4.79 Å². The van der Waals surface area contributed by atoms with E-state index in [1.165, 1.54) is 18.3 Å². The van der Waals surface area contributed by atoms with Gasteiger partial charge in [-0.2, -0.15) is 22.0 Å². The molecule has 1 amide bonds. The van der Waals surface area contributed by atoms with E-state index in [0.717, 1.165) is 27.4 Å². The van der Waals surface area contributed by atoms with E-state index < -0.39 is 32.2 Å². The minimum Gasteiger partial charge on any atom is -0.431 e. The summed E-state index contributed by atoms with van der Waals surface area (Å²) in [5.74, 6) is -1.09. The lowest BCUT2D eigenvalue weighted by Crippen LogP contribution is -2.47. The summed E-state index contributed by atoms with van der Waals surface area (Å²) >= 11 is 0. The second kappa shape index (κ2) is 10.4. The summed E-state index contributed by atoms with van der Waals surface area (Å²) in [7, 11) is -6.47. The molecule has 2 N–H and O–H groups in total. The molecule has 2 heterocycles. The topological polar surface area (TPSA) is 151 Å². The van der Waals surface area contributed by atoms with Gasteiger partial charge in [-0.05, 0) is 38.0 Å². The van der Waals surface area contributed by atoms with Crippen molar-refractivity contribution < 1.29 is 30.8 Å². The third-order valence-electron chi connectivity index (χ3n) is 5.44. The zero-order chi connectivity index (χ0) is 25.1. The first kappa shape index (κ1) is 26.1. The fourth-order valence-corrected chi connectivity index (χ4v) is 5.65. The molecule has 1 aromatic carbocycles. The molecule has 1 aliphatic rings. The van der Waals surface area contributed by atoms with Crippen molar-refractivity contribution in [3.8, 4) is 0 Å².